The number of aromatic nitrogens is 2. The van der Waals surface area contributed by atoms with Gasteiger partial charge in [-0.15, -0.1) is 18.1 Å². The van der Waals surface area contributed by atoms with Crippen LogP contribution in [0.2, 0.25) is 23.3 Å². The summed E-state index contributed by atoms with van der Waals surface area (Å²) >= 11 is 6.18. The Morgan fingerprint density at radius 2 is 1.57 bits per heavy atom. The SMILES string of the molecule is CC(C)(C)[Si-](C)(C)OCc1cccc(COc2cnc(Cl)c3ccccc23)n1. The lowest BCUT2D eigenvalue weighted by Crippen LogP contribution is -2.40. The second-order valence-corrected chi connectivity index (χ2v) is 13.6. The second kappa shape index (κ2) is 8.19. The first-order chi connectivity index (χ1) is 13.2. The third kappa shape index (κ3) is 4.72. The smallest absolute Gasteiger partial charge is 0.146 e. The molecule has 149 valence electrons. The van der Waals surface area contributed by atoms with Crippen molar-refractivity contribution >= 4 is 30.7 Å². The van der Waals surface area contributed by atoms with Gasteiger partial charge in [-0.25, -0.2) is 4.98 Å². The molecular formula is C22H27ClN2O2Si-. The molecule has 4 nitrogen and oxygen atoms in total. The topological polar surface area (TPSA) is 44.2 Å². The van der Waals surface area contributed by atoms with Crippen molar-refractivity contribution in [3.05, 3.63) is 65.2 Å². The predicted octanol–water partition coefficient (Wildman–Crippen LogP) is 6.38. The second-order valence-electron chi connectivity index (χ2n) is 8.42. The minimum absolute atomic E-state index is 0.177. The Labute approximate surface area is 173 Å². The van der Waals surface area contributed by atoms with Crippen molar-refractivity contribution < 1.29 is 9.16 Å². The molecule has 0 aliphatic carbocycles. The molecule has 0 bridgehead atoms. The Bertz CT molecular complexity index is 970. The maximum atomic E-state index is 6.28. The molecule has 0 unspecified atom stereocenters. The minimum Gasteiger partial charge on any atom is -0.560 e. The summed E-state index contributed by atoms with van der Waals surface area (Å²) in [6.07, 6.45) is 1.66. The van der Waals surface area contributed by atoms with Crippen molar-refractivity contribution in [2.75, 3.05) is 0 Å². The molecule has 2 aromatic heterocycles. The zero-order chi connectivity index (χ0) is 20.4. The van der Waals surface area contributed by atoms with Gasteiger partial charge in [0.25, 0.3) is 0 Å². The Kier molecular flexibility index (Phi) is 6.08. The Hall–Kier alpha value is -1.95. The van der Waals surface area contributed by atoms with Gasteiger partial charge in [-0.1, -0.05) is 62.7 Å². The maximum absolute atomic E-state index is 6.28. The summed E-state index contributed by atoms with van der Waals surface area (Å²) in [4.78, 5) is 8.92. The van der Waals surface area contributed by atoms with E-state index in [1.165, 1.54) is 0 Å². The van der Waals surface area contributed by atoms with Gasteiger partial charge in [-0.3, -0.25) is 4.98 Å². The van der Waals surface area contributed by atoms with Crippen LogP contribution in [0.1, 0.15) is 32.2 Å². The summed E-state index contributed by atoms with van der Waals surface area (Å²) in [7, 11) is -1.80. The van der Waals surface area contributed by atoms with Crippen LogP contribution in [0.25, 0.3) is 10.8 Å². The summed E-state index contributed by atoms with van der Waals surface area (Å²) in [5.41, 5.74) is 1.78. The summed E-state index contributed by atoms with van der Waals surface area (Å²) in [5, 5.41) is 2.48. The van der Waals surface area contributed by atoms with E-state index in [2.05, 4.69) is 38.8 Å². The Morgan fingerprint density at radius 3 is 2.25 bits per heavy atom. The van der Waals surface area contributed by atoms with Gasteiger partial charge in [0.15, 0.2) is 0 Å². The highest BCUT2D eigenvalue weighted by Crippen LogP contribution is 2.37. The Balaban J connectivity index is 1.70. The molecule has 28 heavy (non-hydrogen) atoms. The summed E-state index contributed by atoms with van der Waals surface area (Å²) in [6.45, 7) is 12.1. The molecule has 6 heteroatoms. The van der Waals surface area contributed by atoms with E-state index in [0.717, 1.165) is 22.2 Å². The molecule has 0 saturated carbocycles. The quantitative estimate of drug-likeness (QED) is 0.346. The van der Waals surface area contributed by atoms with E-state index in [0.29, 0.717) is 24.1 Å². The molecule has 0 spiro atoms. The van der Waals surface area contributed by atoms with Crippen LogP contribution in [-0.4, -0.2) is 18.3 Å². The van der Waals surface area contributed by atoms with E-state index in [1.807, 2.05) is 42.5 Å². The van der Waals surface area contributed by atoms with Crippen molar-refractivity contribution in [1.29, 1.82) is 0 Å². The molecule has 0 radical (unpaired) electrons. The first-order valence-corrected chi connectivity index (χ1v) is 12.7. The number of halogens is 1. The molecule has 0 aliphatic heterocycles. The van der Waals surface area contributed by atoms with Gasteiger partial charge in [0.2, 0.25) is 0 Å². The molecule has 1 aromatic carbocycles. The van der Waals surface area contributed by atoms with Crippen LogP contribution in [0.5, 0.6) is 5.75 Å². The lowest BCUT2D eigenvalue weighted by Gasteiger charge is -2.48. The lowest BCUT2D eigenvalue weighted by atomic mass is 10.2. The van der Waals surface area contributed by atoms with Crippen LogP contribution < -0.4 is 4.74 Å². The molecule has 0 atom stereocenters. The average molecular weight is 415 g/mol. The largest absolute Gasteiger partial charge is 0.560 e. The zero-order valence-corrected chi connectivity index (χ0v) is 18.9. The van der Waals surface area contributed by atoms with Gasteiger partial charge in [0, 0.05) is 17.4 Å². The van der Waals surface area contributed by atoms with Gasteiger partial charge < -0.3 is 9.16 Å². The highest BCUT2D eigenvalue weighted by Gasteiger charge is 2.24. The normalized spacial score (nSPS) is 12.4. The first-order valence-electron chi connectivity index (χ1n) is 9.42. The van der Waals surface area contributed by atoms with Gasteiger partial charge >= 0.3 is 0 Å². The number of nitrogens with zero attached hydrogens (tertiary/aromatic N) is 2. The van der Waals surface area contributed by atoms with Crippen LogP contribution in [0.4, 0.5) is 0 Å². The van der Waals surface area contributed by atoms with Crippen molar-refractivity contribution in [2.24, 2.45) is 0 Å². The van der Waals surface area contributed by atoms with Crippen LogP contribution in [-0.2, 0) is 17.6 Å². The van der Waals surface area contributed by atoms with Gasteiger partial charge in [-0.05, 0) is 20.5 Å². The van der Waals surface area contributed by atoms with Crippen LogP contribution in [0.15, 0.2) is 48.7 Å². The fourth-order valence-corrected chi connectivity index (χ4v) is 3.72. The number of fused-ring (bicyclic) bond motifs is 1. The molecule has 0 saturated heterocycles. The molecule has 3 aromatic rings. The van der Waals surface area contributed by atoms with Gasteiger partial charge in [-0.2, -0.15) is 0 Å². The van der Waals surface area contributed by atoms with E-state index in [1.54, 1.807) is 6.20 Å². The van der Waals surface area contributed by atoms with E-state index >= 15 is 0 Å². The van der Waals surface area contributed by atoms with E-state index in [9.17, 15) is 0 Å². The number of hydrogen-bond acceptors (Lipinski definition) is 4. The standard InChI is InChI=1S/C22H27ClN2O2Si/c1-22(2,3)28(4,5)27-15-17-10-8-9-16(25-17)14-26-20-13-24-21(23)19-12-7-6-11-18(19)20/h6-13H,14-15H2,1-5H3/q-1. The van der Waals surface area contributed by atoms with E-state index in [4.69, 9.17) is 25.7 Å². The Morgan fingerprint density at radius 1 is 0.929 bits per heavy atom. The highest BCUT2D eigenvalue weighted by molar-refractivity contribution is 6.74. The van der Waals surface area contributed by atoms with Gasteiger partial charge in [0.05, 0.1) is 17.6 Å². The third-order valence-corrected chi connectivity index (χ3v) is 10.1. The lowest BCUT2D eigenvalue weighted by molar-refractivity contribution is 0.269. The van der Waals surface area contributed by atoms with Crippen molar-refractivity contribution in [3.8, 4) is 5.75 Å². The van der Waals surface area contributed by atoms with Crippen LogP contribution >= 0.6 is 11.6 Å². The van der Waals surface area contributed by atoms with E-state index < -0.39 is 8.32 Å². The number of hydrogen-bond donors (Lipinski definition) is 0. The molecule has 0 fully saturated rings. The number of pyridine rings is 2. The average Bonchev–Trinajstić information content (AvgIpc) is 2.66. The molecule has 2 heterocycles. The molecule has 0 amide bonds. The van der Waals surface area contributed by atoms with Crippen molar-refractivity contribution in [3.63, 3.8) is 0 Å². The van der Waals surface area contributed by atoms with Crippen LogP contribution in [0, 0.1) is 0 Å². The third-order valence-electron chi connectivity index (χ3n) is 5.34. The zero-order valence-electron chi connectivity index (χ0n) is 17.1. The van der Waals surface area contributed by atoms with Crippen molar-refractivity contribution in [1.82, 2.24) is 9.97 Å². The maximum Gasteiger partial charge on any atom is 0.146 e. The molecule has 0 aliphatic rings. The fraction of sp³-hybridized carbons (Fsp3) is 0.364. The number of ether oxygens (including phenoxy) is 1. The minimum atomic E-state index is -1.80. The first kappa shape index (κ1) is 20.8. The highest BCUT2D eigenvalue weighted by atomic mass is 35.5. The summed E-state index contributed by atoms with van der Waals surface area (Å²) < 4.78 is 12.3. The molecular weight excluding hydrogens is 388 g/mol. The summed E-state index contributed by atoms with van der Waals surface area (Å²) in [5.74, 6) is 0.699. The van der Waals surface area contributed by atoms with E-state index in [-0.39, 0.29) is 5.04 Å². The van der Waals surface area contributed by atoms with Crippen molar-refractivity contribution in [2.45, 2.75) is 52.1 Å². The van der Waals surface area contributed by atoms with Gasteiger partial charge in [0.1, 0.15) is 17.5 Å². The number of benzene rings is 1. The molecule has 3 rings (SSSR count). The molecule has 0 N–H and O–H groups in total. The predicted molar refractivity (Wildman–Crippen MR) is 117 cm³/mol. The fourth-order valence-electron chi connectivity index (χ4n) is 2.56. The monoisotopic (exact) mass is 414 g/mol. The van der Waals surface area contributed by atoms with Crippen LogP contribution in [0.3, 0.4) is 0 Å². The number of rotatable bonds is 6. The summed E-state index contributed by atoms with van der Waals surface area (Å²) in [6, 6.07) is 13.8.